The predicted molar refractivity (Wildman–Crippen MR) is 77.8 cm³/mol. The molecule has 0 aromatic heterocycles. The fraction of sp³-hybridized carbons (Fsp3) is 0.875. The number of carbonyl (C=O) groups is 1. The lowest BCUT2D eigenvalue weighted by molar-refractivity contribution is -0.185. The van der Waals surface area contributed by atoms with Crippen LogP contribution in [0.4, 0.5) is 0 Å². The van der Waals surface area contributed by atoms with E-state index in [1.165, 1.54) is 7.11 Å². The summed E-state index contributed by atoms with van der Waals surface area (Å²) in [6, 6.07) is 2.23. The second-order valence-corrected chi connectivity index (χ2v) is 6.37. The smallest absolute Gasteiger partial charge is 0.305 e. The third-order valence-corrected chi connectivity index (χ3v) is 4.67. The molecular weight excluding hydrogens is 286 g/mol. The molecule has 124 valence electrons. The summed E-state index contributed by atoms with van der Waals surface area (Å²) in [6.45, 7) is 1.79. The summed E-state index contributed by atoms with van der Waals surface area (Å²) in [4.78, 5) is 11.2. The summed E-state index contributed by atoms with van der Waals surface area (Å²) in [5.74, 6) is -0.312. The van der Waals surface area contributed by atoms with Gasteiger partial charge in [0.25, 0.3) is 0 Å². The van der Waals surface area contributed by atoms with Crippen LogP contribution < -0.4 is 0 Å². The van der Waals surface area contributed by atoms with Crippen molar-refractivity contribution < 1.29 is 24.1 Å². The summed E-state index contributed by atoms with van der Waals surface area (Å²) in [6.07, 6.45) is 3.57. The summed E-state index contributed by atoms with van der Waals surface area (Å²) in [5, 5.41) is 18.8. The van der Waals surface area contributed by atoms with E-state index in [1.807, 2.05) is 6.92 Å². The molecule has 0 aromatic carbocycles. The van der Waals surface area contributed by atoms with Crippen LogP contribution in [0.5, 0.6) is 0 Å². The SMILES string of the molecule is COC(=O)CC[C@H]1C[C@]2(CO)O[C@@H](C[C@@H](C)C#N)CC[C@@H]2O1. The van der Waals surface area contributed by atoms with Gasteiger partial charge in [0, 0.05) is 18.8 Å². The average molecular weight is 311 g/mol. The van der Waals surface area contributed by atoms with E-state index in [9.17, 15) is 9.90 Å². The minimum Gasteiger partial charge on any atom is -0.469 e. The van der Waals surface area contributed by atoms with E-state index in [1.54, 1.807) is 0 Å². The van der Waals surface area contributed by atoms with Gasteiger partial charge in [-0.2, -0.15) is 5.26 Å². The van der Waals surface area contributed by atoms with E-state index in [-0.39, 0.29) is 36.8 Å². The number of hydrogen-bond acceptors (Lipinski definition) is 6. The van der Waals surface area contributed by atoms with Crippen molar-refractivity contribution in [2.75, 3.05) is 13.7 Å². The summed E-state index contributed by atoms with van der Waals surface area (Å²) < 4.78 is 16.8. The number of rotatable bonds is 6. The number of nitrogens with zero attached hydrogens (tertiary/aromatic N) is 1. The largest absolute Gasteiger partial charge is 0.469 e. The highest BCUT2D eigenvalue weighted by atomic mass is 16.6. The van der Waals surface area contributed by atoms with Crippen molar-refractivity contribution in [1.29, 1.82) is 5.26 Å². The van der Waals surface area contributed by atoms with Crippen LogP contribution in [0.1, 0.15) is 45.4 Å². The molecule has 0 aromatic rings. The van der Waals surface area contributed by atoms with Gasteiger partial charge in [0.1, 0.15) is 5.60 Å². The molecule has 0 unspecified atom stereocenters. The van der Waals surface area contributed by atoms with Gasteiger partial charge in [0.05, 0.1) is 38.1 Å². The molecule has 2 heterocycles. The van der Waals surface area contributed by atoms with Gasteiger partial charge < -0.3 is 19.3 Å². The maximum atomic E-state index is 11.2. The Bertz CT molecular complexity index is 435. The molecule has 2 fully saturated rings. The van der Waals surface area contributed by atoms with Crippen molar-refractivity contribution in [1.82, 2.24) is 0 Å². The number of aliphatic hydroxyl groups excluding tert-OH is 1. The van der Waals surface area contributed by atoms with Crippen molar-refractivity contribution in [2.45, 2.75) is 69.4 Å². The van der Waals surface area contributed by atoms with Crippen LogP contribution in [0.15, 0.2) is 0 Å². The molecule has 0 saturated carbocycles. The van der Waals surface area contributed by atoms with Crippen molar-refractivity contribution in [3.8, 4) is 6.07 Å². The molecule has 6 nitrogen and oxygen atoms in total. The summed E-state index contributed by atoms with van der Waals surface area (Å²) in [5.41, 5.74) is -0.682. The molecule has 2 aliphatic heterocycles. The van der Waals surface area contributed by atoms with Crippen LogP contribution in [0.25, 0.3) is 0 Å². The number of carbonyl (C=O) groups excluding carboxylic acids is 1. The lowest BCUT2D eigenvalue weighted by Gasteiger charge is -2.41. The number of nitriles is 1. The van der Waals surface area contributed by atoms with Crippen molar-refractivity contribution in [3.63, 3.8) is 0 Å². The molecule has 2 aliphatic rings. The second-order valence-electron chi connectivity index (χ2n) is 6.37. The molecule has 0 spiro atoms. The molecule has 0 radical (unpaired) electrons. The monoisotopic (exact) mass is 311 g/mol. The molecular formula is C16H25NO5. The van der Waals surface area contributed by atoms with E-state index in [4.69, 9.17) is 14.7 Å². The normalized spacial score (nSPS) is 35.5. The van der Waals surface area contributed by atoms with Gasteiger partial charge in [0.2, 0.25) is 0 Å². The van der Waals surface area contributed by atoms with E-state index < -0.39 is 5.60 Å². The first-order valence-corrected chi connectivity index (χ1v) is 7.93. The average Bonchev–Trinajstić information content (AvgIpc) is 2.90. The molecule has 2 rings (SSSR count). The zero-order chi connectivity index (χ0) is 16.2. The fourth-order valence-electron chi connectivity index (χ4n) is 3.47. The van der Waals surface area contributed by atoms with Gasteiger partial charge >= 0.3 is 5.97 Å². The molecule has 2 saturated heterocycles. The summed E-state index contributed by atoms with van der Waals surface area (Å²) >= 11 is 0. The van der Waals surface area contributed by atoms with Crippen molar-refractivity contribution in [2.24, 2.45) is 5.92 Å². The van der Waals surface area contributed by atoms with Crippen molar-refractivity contribution in [3.05, 3.63) is 0 Å². The zero-order valence-corrected chi connectivity index (χ0v) is 13.3. The zero-order valence-electron chi connectivity index (χ0n) is 13.3. The lowest BCUT2D eigenvalue weighted by Crippen LogP contribution is -2.51. The van der Waals surface area contributed by atoms with Gasteiger partial charge in [0.15, 0.2) is 0 Å². The van der Waals surface area contributed by atoms with Gasteiger partial charge in [-0.15, -0.1) is 0 Å². The number of aliphatic hydroxyl groups is 1. The highest BCUT2D eigenvalue weighted by Crippen LogP contribution is 2.43. The number of fused-ring (bicyclic) bond motifs is 1. The second kappa shape index (κ2) is 7.40. The van der Waals surface area contributed by atoms with E-state index >= 15 is 0 Å². The lowest BCUT2D eigenvalue weighted by atomic mass is 9.85. The highest BCUT2D eigenvalue weighted by Gasteiger charge is 2.52. The first kappa shape index (κ1) is 17.2. The standard InChI is InChI=1S/C16H25NO5/c1-11(9-17)7-12-3-5-14-16(10-18,22-12)8-13(21-14)4-6-15(19)20-2/h11-14,18H,3-8,10H2,1-2H3/t11-,12-,13+,14+,16-/m1/s1. The van der Waals surface area contributed by atoms with Crippen LogP contribution in [0, 0.1) is 17.2 Å². The predicted octanol–water partition coefficient (Wildman–Crippen LogP) is 1.56. The number of hydrogen-bond donors (Lipinski definition) is 1. The number of methoxy groups -OCH3 is 1. The van der Waals surface area contributed by atoms with E-state index in [0.29, 0.717) is 25.7 Å². The van der Waals surface area contributed by atoms with Crippen LogP contribution in [0.3, 0.4) is 0 Å². The Morgan fingerprint density at radius 1 is 1.50 bits per heavy atom. The Morgan fingerprint density at radius 2 is 2.27 bits per heavy atom. The van der Waals surface area contributed by atoms with Crippen LogP contribution in [-0.4, -0.2) is 48.7 Å². The van der Waals surface area contributed by atoms with Gasteiger partial charge in [-0.25, -0.2) is 0 Å². The van der Waals surface area contributed by atoms with E-state index in [0.717, 1.165) is 12.8 Å². The maximum Gasteiger partial charge on any atom is 0.305 e. The number of esters is 1. The fourth-order valence-corrected chi connectivity index (χ4v) is 3.47. The molecule has 0 aliphatic carbocycles. The Balaban J connectivity index is 1.94. The highest BCUT2D eigenvalue weighted by molar-refractivity contribution is 5.69. The third-order valence-electron chi connectivity index (χ3n) is 4.67. The van der Waals surface area contributed by atoms with Gasteiger partial charge in [-0.3, -0.25) is 4.79 Å². The van der Waals surface area contributed by atoms with Crippen molar-refractivity contribution >= 4 is 5.97 Å². The maximum absolute atomic E-state index is 11.2. The first-order valence-electron chi connectivity index (χ1n) is 7.93. The number of ether oxygens (including phenoxy) is 3. The van der Waals surface area contributed by atoms with Gasteiger partial charge in [-0.05, 0) is 32.6 Å². The topological polar surface area (TPSA) is 88.8 Å². The molecule has 22 heavy (non-hydrogen) atoms. The molecule has 6 heteroatoms. The Hall–Kier alpha value is -1.16. The van der Waals surface area contributed by atoms with Crippen LogP contribution in [-0.2, 0) is 19.0 Å². The molecule has 0 amide bonds. The molecule has 0 bridgehead atoms. The van der Waals surface area contributed by atoms with Crippen LogP contribution >= 0.6 is 0 Å². The summed E-state index contributed by atoms with van der Waals surface area (Å²) in [7, 11) is 1.37. The minimum absolute atomic E-state index is 0.0130. The Labute approximate surface area is 131 Å². The minimum atomic E-state index is -0.682. The third kappa shape index (κ3) is 3.78. The van der Waals surface area contributed by atoms with Crippen LogP contribution in [0.2, 0.25) is 0 Å². The molecule has 5 atom stereocenters. The Kier molecular flexibility index (Phi) is 5.79. The van der Waals surface area contributed by atoms with Gasteiger partial charge in [-0.1, -0.05) is 0 Å². The quantitative estimate of drug-likeness (QED) is 0.749. The Morgan fingerprint density at radius 3 is 2.91 bits per heavy atom. The van der Waals surface area contributed by atoms with E-state index in [2.05, 4.69) is 10.8 Å². The molecule has 1 N–H and O–H groups in total. The first-order chi connectivity index (χ1) is 10.5.